The molecule has 28 heavy (non-hydrogen) atoms. The molecule has 0 amide bonds. The second kappa shape index (κ2) is 9.64. The number of methoxy groups -OCH3 is 1. The minimum absolute atomic E-state index is 0.0266. The number of allylic oxidation sites excluding steroid dienone is 2. The van der Waals surface area contributed by atoms with Crippen molar-refractivity contribution in [3.05, 3.63) is 33.9 Å². The van der Waals surface area contributed by atoms with Gasteiger partial charge in [0.25, 0.3) is 0 Å². The zero-order chi connectivity index (χ0) is 20.8. The summed E-state index contributed by atoms with van der Waals surface area (Å²) in [6, 6.07) is 0. The van der Waals surface area contributed by atoms with Crippen LogP contribution in [0, 0.1) is 6.92 Å². The highest BCUT2D eigenvalue weighted by Gasteiger charge is 2.34. The summed E-state index contributed by atoms with van der Waals surface area (Å²) >= 11 is 4.04. The second-order valence-corrected chi connectivity index (χ2v) is 6.94. The lowest BCUT2D eigenvalue weighted by molar-refractivity contribution is -0.137. The van der Waals surface area contributed by atoms with E-state index in [0.717, 1.165) is 11.1 Å². The van der Waals surface area contributed by atoms with Crippen LogP contribution in [-0.4, -0.2) is 35.9 Å². The Morgan fingerprint density at radius 1 is 1.25 bits per heavy atom. The molecule has 0 fully saturated rings. The first-order valence-electron chi connectivity index (χ1n) is 8.88. The predicted octanol–water partition coefficient (Wildman–Crippen LogP) is 3.25. The summed E-state index contributed by atoms with van der Waals surface area (Å²) in [5.74, 6) is -0.930. The van der Waals surface area contributed by atoms with Crippen molar-refractivity contribution in [2.24, 2.45) is 0 Å². The van der Waals surface area contributed by atoms with Gasteiger partial charge >= 0.3 is 17.9 Å². The largest absolute Gasteiger partial charge is 0.496 e. The quantitative estimate of drug-likeness (QED) is 0.280. The molecular formula is C20H24O7S. The van der Waals surface area contributed by atoms with Crippen LogP contribution in [0.25, 0.3) is 0 Å². The number of fused-ring (bicyclic) bond motifs is 1. The standard InChI is InChI=1S/C20H24O7S/c1-11(5-7-15(21)22)4-6-13-18(25-3)12(2)14-10-26-20(24)17(14)19(13)27-16(23)8-9-28/h4,28H,5-10H2,1-3H3,(H,21,22)/b11-4+. The maximum Gasteiger partial charge on any atom is 0.342 e. The molecule has 0 bridgehead atoms. The highest BCUT2D eigenvalue weighted by atomic mass is 32.1. The molecule has 0 radical (unpaired) electrons. The molecule has 0 aromatic heterocycles. The molecule has 0 aliphatic carbocycles. The average Bonchev–Trinajstić information content (AvgIpc) is 3.03. The first kappa shape index (κ1) is 21.8. The molecule has 152 valence electrons. The second-order valence-electron chi connectivity index (χ2n) is 6.49. The summed E-state index contributed by atoms with van der Waals surface area (Å²) < 4.78 is 16.2. The Labute approximate surface area is 169 Å². The lowest BCUT2D eigenvalue weighted by Gasteiger charge is -2.18. The van der Waals surface area contributed by atoms with Crippen LogP contribution in [0.15, 0.2) is 11.6 Å². The fourth-order valence-electron chi connectivity index (χ4n) is 3.06. The molecule has 1 aliphatic rings. The van der Waals surface area contributed by atoms with Crippen molar-refractivity contribution in [3.8, 4) is 11.5 Å². The van der Waals surface area contributed by atoms with Gasteiger partial charge in [-0.25, -0.2) is 4.79 Å². The van der Waals surface area contributed by atoms with E-state index in [1.165, 1.54) is 7.11 Å². The van der Waals surface area contributed by atoms with Gasteiger partial charge in [-0.2, -0.15) is 12.6 Å². The normalized spacial score (nSPS) is 13.1. The van der Waals surface area contributed by atoms with Gasteiger partial charge in [-0.05, 0) is 32.3 Å². The molecule has 7 nitrogen and oxygen atoms in total. The summed E-state index contributed by atoms with van der Waals surface area (Å²) in [6.45, 7) is 3.75. The molecule has 0 saturated heterocycles. The van der Waals surface area contributed by atoms with E-state index < -0.39 is 17.9 Å². The summed E-state index contributed by atoms with van der Waals surface area (Å²) in [7, 11) is 1.51. The number of carboxylic acids is 1. The number of carbonyl (C=O) groups excluding carboxylic acids is 2. The van der Waals surface area contributed by atoms with Crippen LogP contribution in [0.4, 0.5) is 0 Å². The first-order valence-corrected chi connectivity index (χ1v) is 9.51. The van der Waals surface area contributed by atoms with Crippen LogP contribution in [0.1, 0.15) is 53.2 Å². The molecule has 8 heteroatoms. The first-order chi connectivity index (χ1) is 13.3. The molecule has 0 atom stereocenters. The molecule has 1 N–H and O–H groups in total. The molecular weight excluding hydrogens is 384 g/mol. The van der Waals surface area contributed by atoms with E-state index in [2.05, 4.69) is 12.6 Å². The van der Waals surface area contributed by atoms with E-state index in [-0.39, 0.29) is 30.8 Å². The molecule has 0 saturated carbocycles. The fraction of sp³-hybridized carbons (Fsp3) is 0.450. The minimum atomic E-state index is -0.872. The lowest BCUT2D eigenvalue weighted by atomic mass is 9.94. The Balaban J connectivity index is 2.51. The van der Waals surface area contributed by atoms with Gasteiger partial charge in [0.15, 0.2) is 5.75 Å². The van der Waals surface area contributed by atoms with Gasteiger partial charge in [0.1, 0.15) is 17.9 Å². The number of ether oxygens (including phenoxy) is 3. The van der Waals surface area contributed by atoms with E-state index in [1.807, 2.05) is 19.9 Å². The van der Waals surface area contributed by atoms with Gasteiger partial charge < -0.3 is 19.3 Å². The van der Waals surface area contributed by atoms with Crippen LogP contribution < -0.4 is 9.47 Å². The Morgan fingerprint density at radius 2 is 1.96 bits per heavy atom. The average molecular weight is 408 g/mol. The van der Waals surface area contributed by atoms with E-state index in [4.69, 9.17) is 19.3 Å². The van der Waals surface area contributed by atoms with Crippen molar-refractivity contribution in [2.75, 3.05) is 12.9 Å². The zero-order valence-electron chi connectivity index (χ0n) is 16.2. The Kier molecular flexibility index (Phi) is 7.51. The fourth-order valence-corrected chi connectivity index (χ4v) is 3.24. The Bertz CT molecular complexity index is 827. The Hall–Kier alpha value is -2.48. The number of esters is 2. The summed E-state index contributed by atoms with van der Waals surface area (Å²) in [5, 5.41) is 8.83. The van der Waals surface area contributed by atoms with Crippen LogP contribution in [0.3, 0.4) is 0 Å². The number of aliphatic carboxylic acids is 1. The number of benzene rings is 1. The third-order valence-electron chi connectivity index (χ3n) is 4.55. The third kappa shape index (κ3) is 4.86. The summed E-state index contributed by atoms with van der Waals surface area (Å²) in [4.78, 5) is 35.2. The zero-order valence-corrected chi connectivity index (χ0v) is 17.1. The molecule has 1 aromatic carbocycles. The van der Waals surface area contributed by atoms with Crippen molar-refractivity contribution < 1.29 is 33.7 Å². The highest BCUT2D eigenvalue weighted by Crippen LogP contribution is 2.43. The molecule has 0 unspecified atom stereocenters. The molecule has 1 heterocycles. The predicted molar refractivity (Wildman–Crippen MR) is 105 cm³/mol. The van der Waals surface area contributed by atoms with Crippen molar-refractivity contribution in [1.29, 1.82) is 0 Å². The maximum absolute atomic E-state index is 12.3. The van der Waals surface area contributed by atoms with Crippen LogP contribution in [0.2, 0.25) is 0 Å². The Morgan fingerprint density at radius 3 is 2.57 bits per heavy atom. The van der Waals surface area contributed by atoms with Gasteiger partial charge in [0.05, 0.1) is 13.5 Å². The molecule has 2 rings (SSSR count). The molecule has 0 spiro atoms. The number of carbonyl (C=O) groups is 3. The van der Waals surface area contributed by atoms with Gasteiger partial charge in [-0.15, -0.1) is 0 Å². The van der Waals surface area contributed by atoms with Gasteiger partial charge in [-0.3, -0.25) is 9.59 Å². The molecule has 1 aromatic rings. The highest BCUT2D eigenvalue weighted by molar-refractivity contribution is 7.80. The van der Waals surface area contributed by atoms with Crippen LogP contribution in [0.5, 0.6) is 11.5 Å². The summed E-state index contributed by atoms with van der Waals surface area (Å²) in [6.07, 6.45) is 2.69. The number of cyclic esters (lactones) is 1. The monoisotopic (exact) mass is 408 g/mol. The van der Waals surface area contributed by atoms with Gasteiger partial charge in [0, 0.05) is 23.3 Å². The molecule has 1 aliphatic heterocycles. The minimum Gasteiger partial charge on any atom is -0.496 e. The van der Waals surface area contributed by atoms with Gasteiger partial charge in [-0.1, -0.05) is 11.6 Å². The number of thiol groups is 1. The van der Waals surface area contributed by atoms with Crippen LogP contribution >= 0.6 is 12.6 Å². The number of hydrogen-bond donors (Lipinski definition) is 2. The van der Waals surface area contributed by atoms with Crippen molar-refractivity contribution in [3.63, 3.8) is 0 Å². The number of carboxylic acid groups (broad SMARTS) is 1. The topological polar surface area (TPSA) is 99.1 Å². The summed E-state index contributed by atoms with van der Waals surface area (Å²) in [5.41, 5.74) is 3.07. The van der Waals surface area contributed by atoms with E-state index >= 15 is 0 Å². The smallest absolute Gasteiger partial charge is 0.342 e. The number of hydrogen-bond acceptors (Lipinski definition) is 7. The lowest BCUT2D eigenvalue weighted by Crippen LogP contribution is -2.14. The van der Waals surface area contributed by atoms with Crippen LogP contribution in [-0.2, 0) is 27.4 Å². The number of rotatable bonds is 9. The van der Waals surface area contributed by atoms with Gasteiger partial charge in [0.2, 0.25) is 0 Å². The van der Waals surface area contributed by atoms with Crippen molar-refractivity contribution in [1.82, 2.24) is 0 Å². The van der Waals surface area contributed by atoms with E-state index in [1.54, 1.807) is 0 Å². The van der Waals surface area contributed by atoms with E-state index in [9.17, 15) is 14.4 Å². The maximum atomic E-state index is 12.3. The third-order valence-corrected chi connectivity index (χ3v) is 4.77. The SMILES string of the molecule is COc1c(C)c2c(c(OC(=O)CCS)c1C/C=C(\C)CCC(=O)O)C(=O)OC2. The van der Waals surface area contributed by atoms with Crippen molar-refractivity contribution in [2.45, 2.75) is 46.1 Å². The van der Waals surface area contributed by atoms with E-state index in [0.29, 0.717) is 35.5 Å². The van der Waals surface area contributed by atoms with Crippen molar-refractivity contribution >= 4 is 30.5 Å².